The van der Waals surface area contributed by atoms with Gasteiger partial charge in [-0.1, -0.05) is 36.4 Å². The predicted octanol–water partition coefficient (Wildman–Crippen LogP) is 6.47. The van der Waals surface area contributed by atoms with E-state index in [1.807, 2.05) is 67.8 Å². The Kier molecular flexibility index (Phi) is 4.24. The number of hydrogen-bond acceptors (Lipinski definition) is 3. The zero-order valence-corrected chi connectivity index (χ0v) is 18.3. The normalized spacial score (nSPS) is 11.3. The van der Waals surface area contributed by atoms with Gasteiger partial charge in [-0.05, 0) is 36.8 Å². The smallest absolute Gasteiger partial charge is 0.216 e. The molecule has 6 aromatic rings. The third-order valence-corrected chi connectivity index (χ3v) is 6.35. The van der Waals surface area contributed by atoms with Crippen LogP contribution in [0, 0.1) is 18.3 Å². The van der Waals surface area contributed by atoms with Crippen LogP contribution in [-0.2, 0) is 7.05 Å². The van der Waals surface area contributed by atoms with E-state index in [-0.39, 0.29) is 0 Å². The molecule has 0 N–H and O–H groups in total. The fraction of sp³-hybridized carbons (Fsp3) is 0.0690. The first-order chi connectivity index (χ1) is 16.2. The monoisotopic (exact) mass is 426 g/mol. The summed E-state index contributed by atoms with van der Waals surface area (Å²) in [6.45, 7) is 2.10. The van der Waals surface area contributed by atoms with Gasteiger partial charge < -0.3 is 4.42 Å². The Balaban J connectivity index is 1.77. The molecule has 156 valence electrons. The lowest BCUT2D eigenvalue weighted by molar-refractivity contribution is -0.660. The summed E-state index contributed by atoms with van der Waals surface area (Å²) in [5.74, 6) is 0. The molecule has 0 saturated heterocycles. The number of hydrogen-bond donors (Lipinski definition) is 0. The number of para-hydroxylation sites is 1. The number of nitrogens with zero attached hydrogens (tertiary/aromatic N) is 3. The van der Waals surface area contributed by atoms with Crippen LogP contribution >= 0.6 is 0 Å². The Hall–Kier alpha value is -4.49. The van der Waals surface area contributed by atoms with Gasteiger partial charge in [0, 0.05) is 45.6 Å². The maximum Gasteiger partial charge on any atom is 0.216 e. The summed E-state index contributed by atoms with van der Waals surface area (Å²) in [7, 11) is 2.04. The number of aromatic nitrogens is 2. The van der Waals surface area contributed by atoms with E-state index in [0.717, 1.165) is 55.2 Å². The summed E-state index contributed by atoms with van der Waals surface area (Å²) in [5, 5.41) is 13.0. The fourth-order valence-electron chi connectivity index (χ4n) is 4.77. The SMILES string of the molecule is Cc1ccc2c(oc3c(-c4cccc5cccnc45)c(C#N)ccc32)c1-c1cccc[n+]1C. The summed E-state index contributed by atoms with van der Waals surface area (Å²) in [4.78, 5) is 4.63. The van der Waals surface area contributed by atoms with Gasteiger partial charge in [-0.15, -0.1) is 0 Å². The van der Waals surface area contributed by atoms with Gasteiger partial charge in [-0.25, -0.2) is 4.57 Å². The van der Waals surface area contributed by atoms with Crippen molar-refractivity contribution in [2.75, 3.05) is 0 Å². The number of nitriles is 1. The summed E-state index contributed by atoms with van der Waals surface area (Å²) in [5.41, 5.74) is 7.94. The lowest BCUT2D eigenvalue weighted by Crippen LogP contribution is -2.30. The van der Waals surface area contributed by atoms with E-state index in [9.17, 15) is 5.26 Å². The number of fused-ring (bicyclic) bond motifs is 4. The van der Waals surface area contributed by atoms with Crippen molar-refractivity contribution in [3.8, 4) is 28.5 Å². The van der Waals surface area contributed by atoms with Crippen LogP contribution in [0.5, 0.6) is 0 Å². The zero-order valence-electron chi connectivity index (χ0n) is 18.3. The van der Waals surface area contributed by atoms with Gasteiger partial charge in [0.2, 0.25) is 5.69 Å². The second-order valence-electron chi connectivity index (χ2n) is 8.29. The van der Waals surface area contributed by atoms with E-state index in [1.54, 1.807) is 6.20 Å². The highest BCUT2D eigenvalue weighted by molar-refractivity contribution is 6.15. The molecule has 4 heteroatoms. The maximum absolute atomic E-state index is 9.98. The molecule has 0 bridgehead atoms. The number of pyridine rings is 2. The molecule has 0 amide bonds. The van der Waals surface area contributed by atoms with Crippen molar-refractivity contribution in [1.29, 1.82) is 5.26 Å². The van der Waals surface area contributed by atoms with Gasteiger partial charge in [-0.2, -0.15) is 5.26 Å². The van der Waals surface area contributed by atoms with Crippen molar-refractivity contribution >= 4 is 32.8 Å². The third kappa shape index (κ3) is 2.83. The molecule has 0 spiro atoms. The van der Waals surface area contributed by atoms with Crippen LogP contribution in [0.15, 0.2) is 89.6 Å². The van der Waals surface area contributed by atoms with Crippen LogP contribution in [0.4, 0.5) is 0 Å². The minimum atomic E-state index is 0.572. The molecule has 0 unspecified atom stereocenters. The molecule has 0 aliphatic carbocycles. The highest BCUT2D eigenvalue weighted by Gasteiger charge is 2.23. The average molecular weight is 426 g/mol. The molecule has 4 nitrogen and oxygen atoms in total. The van der Waals surface area contributed by atoms with Crippen LogP contribution in [0.25, 0.3) is 55.2 Å². The van der Waals surface area contributed by atoms with E-state index in [0.29, 0.717) is 11.1 Å². The van der Waals surface area contributed by atoms with Gasteiger partial charge in [0.1, 0.15) is 18.2 Å². The minimum Gasteiger partial charge on any atom is -0.454 e. The van der Waals surface area contributed by atoms with Crippen LogP contribution in [-0.4, -0.2) is 4.98 Å². The lowest BCUT2D eigenvalue weighted by atomic mass is 9.94. The van der Waals surface area contributed by atoms with E-state index in [2.05, 4.69) is 40.7 Å². The molecule has 0 aliphatic rings. The van der Waals surface area contributed by atoms with Crippen molar-refractivity contribution in [2.45, 2.75) is 6.92 Å². The topological polar surface area (TPSA) is 53.7 Å². The minimum absolute atomic E-state index is 0.572. The van der Waals surface area contributed by atoms with E-state index < -0.39 is 0 Å². The third-order valence-electron chi connectivity index (χ3n) is 6.35. The van der Waals surface area contributed by atoms with Gasteiger partial charge in [0.15, 0.2) is 6.20 Å². The van der Waals surface area contributed by atoms with Crippen LogP contribution < -0.4 is 4.57 Å². The van der Waals surface area contributed by atoms with Gasteiger partial charge in [0.25, 0.3) is 0 Å². The van der Waals surface area contributed by atoms with Crippen molar-refractivity contribution in [3.05, 3.63) is 96.3 Å². The van der Waals surface area contributed by atoms with Crippen molar-refractivity contribution in [1.82, 2.24) is 4.98 Å². The standard InChI is InChI=1S/C29H20N3O/c1-18-11-13-21-22-14-12-20(17-30)26(23-9-5-7-19-8-6-15-31-27(19)23)29(22)33-28(21)25(18)24-10-3-4-16-32(24)2/h3-16H,1-2H3/q+1. The Morgan fingerprint density at radius 2 is 1.64 bits per heavy atom. The van der Waals surface area contributed by atoms with Gasteiger partial charge in [0.05, 0.1) is 22.7 Å². The Bertz CT molecular complexity index is 1750. The first kappa shape index (κ1) is 19.2. The molecular formula is C29H20N3O+. The lowest BCUT2D eigenvalue weighted by Gasteiger charge is -2.08. The summed E-state index contributed by atoms with van der Waals surface area (Å²) in [6.07, 6.45) is 3.82. The Morgan fingerprint density at radius 1 is 0.848 bits per heavy atom. The van der Waals surface area contributed by atoms with Crippen LogP contribution in [0.1, 0.15) is 11.1 Å². The van der Waals surface area contributed by atoms with E-state index in [4.69, 9.17) is 4.42 Å². The molecule has 0 aliphatic heterocycles. The highest BCUT2D eigenvalue weighted by atomic mass is 16.3. The maximum atomic E-state index is 9.98. The molecule has 0 fully saturated rings. The Labute approximate surface area is 191 Å². The molecule has 6 rings (SSSR count). The predicted molar refractivity (Wildman–Crippen MR) is 131 cm³/mol. The molecule has 0 atom stereocenters. The van der Waals surface area contributed by atoms with Crippen molar-refractivity contribution in [3.63, 3.8) is 0 Å². The van der Waals surface area contributed by atoms with Gasteiger partial charge >= 0.3 is 0 Å². The molecule has 0 radical (unpaired) electrons. The highest BCUT2D eigenvalue weighted by Crippen LogP contribution is 2.42. The molecule has 3 aromatic heterocycles. The zero-order chi connectivity index (χ0) is 22.5. The molecule has 3 aromatic carbocycles. The van der Waals surface area contributed by atoms with Crippen molar-refractivity contribution in [2.24, 2.45) is 7.05 Å². The molecule has 33 heavy (non-hydrogen) atoms. The summed E-state index contributed by atoms with van der Waals surface area (Å²) >= 11 is 0. The summed E-state index contributed by atoms with van der Waals surface area (Å²) in [6, 6.07) is 26.7. The Morgan fingerprint density at radius 3 is 2.45 bits per heavy atom. The van der Waals surface area contributed by atoms with Crippen molar-refractivity contribution < 1.29 is 8.98 Å². The average Bonchev–Trinajstić information content (AvgIpc) is 3.22. The number of rotatable bonds is 2. The second kappa shape index (κ2) is 7.29. The molecule has 3 heterocycles. The number of benzene rings is 3. The first-order valence-electron chi connectivity index (χ1n) is 10.9. The van der Waals surface area contributed by atoms with Crippen LogP contribution in [0.2, 0.25) is 0 Å². The first-order valence-corrected chi connectivity index (χ1v) is 10.9. The second-order valence-corrected chi connectivity index (χ2v) is 8.29. The molecular weight excluding hydrogens is 406 g/mol. The number of aryl methyl sites for hydroxylation is 2. The largest absolute Gasteiger partial charge is 0.454 e. The fourth-order valence-corrected chi connectivity index (χ4v) is 4.77. The quantitative estimate of drug-likeness (QED) is 0.298. The summed E-state index contributed by atoms with van der Waals surface area (Å²) < 4.78 is 8.76. The van der Waals surface area contributed by atoms with E-state index in [1.165, 1.54) is 0 Å². The van der Waals surface area contributed by atoms with E-state index >= 15 is 0 Å². The molecule has 0 saturated carbocycles. The van der Waals surface area contributed by atoms with Crippen LogP contribution in [0.3, 0.4) is 0 Å². The van der Waals surface area contributed by atoms with Gasteiger partial charge in [-0.3, -0.25) is 4.98 Å². The number of furan rings is 1.